The SMILES string of the molecule is COC(=O)CC1OCCc2c1[nH]c1ccc(CBr)cc21. The molecule has 1 aromatic heterocycles. The van der Waals surface area contributed by atoms with Crippen molar-refractivity contribution in [3.05, 3.63) is 35.0 Å². The Morgan fingerprint density at radius 3 is 3.15 bits per heavy atom. The molecule has 2 heterocycles. The maximum Gasteiger partial charge on any atom is 0.308 e. The molecular weight excluding hydrogens is 322 g/mol. The van der Waals surface area contributed by atoms with E-state index in [-0.39, 0.29) is 18.5 Å². The van der Waals surface area contributed by atoms with Gasteiger partial charge in [-0.25, -0.2) is 0 Å². The fraction of sp³-hybridized carbons (Fsp3) is 0.400. The smallest absolute Gasteiger partial charge is 0.308 e. The molecule has 1 N–H and O–H groups in total. The molecule has 2 aromatic rings. The lowest BCUT2D eigenvalue weighted by Gasteiger charge is -2.22. The zero-order valence-corrected chi connectivity index (χ0v) is 12.8. The number of esters is 1. The Balaban J connectivity index is 2.03. The molecule has 3 rings (SSSR count). The molecule has 1 aromatic carbocycles. The van der Waals surface area contributed by atoms with Crippen LogP contribution in [0.15, 0.2) is 18.2 Å². The topological polar surface area (TPSA) is 51.3 Å². The summed E-state index contributed by atoms with van der Waals surface area (Å²) in [6, 6.07) is 6.37. The first kappa shape index (κ1) is 13.6. The van der Waals surface area contributed by atoms with Crippen LogP contribution in [0.4, 0.5) is 0 Å². The number of hydrogen-bond donors (Lipinski definition) is 1. The summed E-state index contributed by atoms with van der Waals surface area (Å²) in [6.07, 6.45) is 0.895. The van der Waals surface area contributed by atoms with Gasteiger partial charge in [0.25, 0.3) is 0 Å². The van der Waals surface area contributed by atoms with Gasteiger partial charge in [0, 0.05) is 21.9 Å². The molecule has 4 nitrogen and oxygen atoms in total. The number of halogens is 1. The van der Waals surface area contributed by atoms with Crippen molar-refractivity contribution in [2.24, 2.45) is 0 Å². The molecule has 5 heteroatoms. The molecule has 0 bridgehead atoms. The van der Waals surface area contributed by atoms with Crippen LogP contribution < -0.4 is 0 Å². The van der Waals surface area contributed by atoms with Crippen LogP contribution in [0.3, 0.4) is 0 Å². The second kappa shape index (κ2) is 5.58. The highest BCUT2D eigenvalue weighted by Crippen LogP contribution is 2.35. The van der Waals surface area contributed by atoms with E-state index in [1.165, 1.54) is 23.6 Å². The number of H-pyrrole nitrogens is 1. The minimum Gasteiger partial charge on any atom is -0.469 e. The molecule has 1 atom stereocenters. The van der Waals surface area contributed by atoms with Gasteiger partial charge in [-0.1, -0.05) is 22.0 Å². The van der Waals surface area contributed by atoms with Crippen molar-refractivity contribution < 1.29 is 14.3 Å². The van der Waals surface area contributed by atoms with Gasteiger partial charge in [0.05, 0.1) is 20.1 Å². The lowest BCUT2D eigenvalue weighted by molar-refractivity contribution is -0.144. The minimum atomic E-state index is -0.248. The normalized spacial score (nSPS) is 18.0. The number of fused-ring (bicyclic) bond motifs is 3. The number of rotatable bonds is 3. The van der Waals surface area contributed by atoms with E-state index >= 15 is 0 Å². The van der Waals surface area contributed by atoms with Crippen LogP contribution in [0.2, 0.25) is 0 Å². The van der Waals surface area contributed by atoms with Gasteiger partial charge in [-0.05, 0) is 29.7 Å². The Morgan fingerprint density at radius 2 is 2.40 bits per heavy atom. The number of aromatic amines is 1. The third kappa shape index (κ3) is 2.36. The van der Waals surface area contributed by atoms with Crippen LogP contribution in [0.25, 0.3) is 10.9 Å². The van der Waals surface area contributed by atoms with Gasteiger partial charge in [0.1, 0.15) is 6.10 Å². The largest absolute Gasteiger partial charge is 0.469 e. The maximum absolute atomic E-state index is 11.5. The zero-order chi connectivity index (χ0) is 14.1. The second-order valence-electron chi connectivity index (χ2n) is 4.92. The Bertz CT molecular complexity index is 650. The molecule has 0 spiro atoms. The monoisotopic (exact) mass is 337 g/mol. The molecule has 0 radical (unpaired) electrons. The first-order valence-corrected chi connectivity index (χ1v) is 7.73. The predicted molar refractivity (Wildman–Crippen MR) is 80.0 cm³/mol. The van der Waals surface area contributed by atoms with E-state index in [1.807, 2.05) is 0 Å². The molecular formula is C15H16BrNO3. The van der Waals surface area contributed by atoms with Gasteiger partial charge >= 0.3 is 5.97 Å². The number of benzene rings is 1. The summed E-state index contributed by atoms with van der Waals surface area (Å²) in [5.74, 6) is -0.248. The Kier molecular flexibility index (Phi) is 3.81. The number of alkyl halides is 1. The van der Waals surface area contributed by atoms with E-state index in [1.54, 1.807) is 0 Å². The lowest BCUT2D eigenvalue weighted by Crippen LogP contribution is -2.19. The quantitative estimate of drug-likeness (QED) is 0.690. The van der Waals surface area contributed by atoms with Crippen molar-refractivity contribution in [2.45, 2.75) is 24.3 Å². The van der Waals surface area contributed by atoms with E-state index in [2.05, 4.69) is 39.1 Å². The van der Waals surface area contributed by atoms with Crippen LogP contribution in [0, 0.1) is 0 Å². The second-order valence-corrected chi connectivity index (χ2v) is 5.48. The van der Waals surface area contributed by atoms with Gasteiger partial charge in [-0.15, -0.1) is 0 Å². The summed E-state index contributed by atoms with van der Waals surface area (Å²) < 4.78 is 10.5. The first-order chi connectivity index (χ1) is 9.72. The molecule has 1 unspecified atom stereocenters. The number of methoxy groups -OCH3 is 1. The third-order valence-corrected chi connectivity index (χ3v) is 4.38. The van der Waals surface area contributed by atoms with E-state index in [0.29, 0.717) is 6.61 Å². The van der Waals surface area contributed by atoms with Gasteiger partial charge in [-0.2, -0.15) is 0 Å². The molecule has 0 aliphatic carbocycles. The fourth-order valence-corrected chi connectivity index (χ4v) is 3.07. The highest BCUT2D eigenvalue weighted by atomic mass is 79.9. The Hall–Kier alpha value is -1.33. The summed E-state index contributed by atoms with van der Waals surface area (Å²) in [5, 5.41) is 2.07. The minimum absolute atomic E-state index is 0.231. The van der Waals surface area contributed by atoms with E-state index < -0.39 is 0 Å². The van der Waals surface area contributed by atoms with Crippen LogP contribution in [-0.2, 0) is 26.0 Å². The maximum atomic E-state index is 11.5. The zero-order valence-electron chi connectivity index (χ0n) is 11.2. The van der Waals surface area contributed by atoms with Gasteiger partial charge < -0.3 is 14.5 Å². The number of hydrogen-bond acceptors (Lipinski definition) is 3. The Labute approximate surface area is 125 Å². The van der Waals surface area contributed by atoms with Crippen molar-refractivity contribution in [3.63, 3.8) is 0 Å². The standard InChI is InChI=1S/C15H16BrNO3/c1-19-14(18)7-13-15-10(4-5-20-13)11-6-9(8-16)2-3-12(11)17-15/h2-3,6,13,17H,4-5,7-8H2,1H3. The van der Waals surface area contributed by atoms with E-state index in [9.17, 15) is 4.79 Å². The summed E-state index contributed by atoms with van der Waals surface area (Å²) in [6.45, 7) is 0.639. The number of aromatic nitrogens is 1. The van der Waals surface area contributed by atoms with Crippen molar-refractivity contribution in [1.29, 1.82) is 0 Å². The van der Waals surface area contributed by atoms with Crippen LogP contribution in [0.5, 0.6) is 0 Å². The molecule has 20 heavy (non-hydrogen) atoms. The molecule has 0 amide bonds. The van der Waals surface area contributed by atoms with Crippen LogP contribution in [0.1, 0.15) is 29.3 Å². The number of nitrogens with one attached hydrogen (secondary N) is 1. The molecule has 1 aliphatic rings. The van der Waals surface area contributed by atoms with E-state index in [0.717, 1.165) is 23.0 Å². The van der Waals surface area contributed by atoms with Gasteiger partial charge in [-0.3, -0.25) is 4.79 Å². The van der Waals surface area contributed by atoms with Gasteiger partial charge in [0.2, 0.25) is 0 Å². The number of carbonyl (C=O) groups excluding carboxylic acids is 1. The van der Waals surface area contributed by atoms with Crippen LogP contribution >= 0.6 is 15.9 Å². The highest BCUT2D eigenvalue weighted by Gasteiger charge is 2.27. The number of ether oxygens (including phenoxy) is 2. The van der Waals surface area contributed by atoms with Crippen LogP contribution in [-0.4, -0.2) is 24.7 Å². The Morgan fingerprint density at radius 1 is 1.55 bits per heavy atom. The highest BCUT2D eigenvalue weighted by molar-refractivity contribution is 9.08. The molecule has 106 valence electrons. The average Bonchev–Trinajstić information content (AvgIpc) is 2.86. The van der Waals surface area contributed by atoms with Crippen molar-refractivity contribution in [3.8, 4) is 0 Å². The van der Waals surface area contributed by atoms with Crippen molar-refractivity contribution >= 4 is 32.8 Å². The fourth-order valence-electron chi connectivity index (χ4n) is 2.73. The first-order valence-electron chi connectivity index (χ1n) is 6.60. The molecule has 0 saturated heterocycles. The van der Waals surface area contributed by atoms with E-state index in [4.69, 9.17) is 9.47 Å². The van der Waals surface area contributed by atoms with Gasteiger partial charge in [0.15, 0.2) is 0 Å². The lowest BCUT2D eigenvalue weighted by atomic mass is 10.00. The summed E-state index contributed by atoms with van der Waals surface area (Å²) in [7, 11) is 1.40. The molecule has 0 saturated carbocycles. The molecule has 1 aliphatic heterocycles. The average molecular weight is 338 g/mol. The number of carbonyl (C=O) groups is 1. The third-order valence-electron chi connectivity index (χ3n) is 3.73. The summed E-state index contributed by atoms with van der Waals surface area (Å²) in [5.41, 5.74) is 4.63. The molecule has 0 fully saturated rings. The van der Waals surface area contributed by atoms with Crippen molar-refractivity contribution in [1.82, 2.24) is 4.98 Å². The van der Waals surface area contributed by atoms with Crippen molar-refractivity contribution in [2.75, 3.05) is 13.7 Å². The summed E-state index contributed by atoms with van der Waals surface area (Å²) >= 11 is 3.49. The summed E-state index contributed by atoms with van der Waals surface area (Å²) in [4.78, 5) is 14.9. The predicted octanol–water partition coefficient (Wildman–Crippen LogP) is 3.24.